The zero-order valence-corrected chi connectivity index (χ0v) is 10.9. The predicted octanol–water partition coefficient (Wildman–Crippen LogP) is 1.61. The first-order valence-electron chi connectivity index (χ1n) is 7.21. The van der Waals surface area contributed by atoms with Crippen molar-refractivity contribution in [2.75, 3.05) is 19.8 Å². The van der Waals surface area contributed by atoms with E-state index in [0.29, 0.717) is 18.6 Å². The van der Waals surface area contributed by atoms with Crippen LogP contribution in [0.25, 0.3) is 0 Å². The fraction of sp³-hybridized carbons (Fsp3) is 0.929. The quantitative estimate of drug-likeness (QED) is 0.778. The second kappa shape index (κ2) is 5.16. The van der Waals surface area contributed by atoms with Gasteiger partial charge in [0.15, 0.2) is 0 Å². The van der Waals surface area contributed by atoms with Gasteiger partial charge in [-0.15, -0.1) is 0 Å². The van der Waals surface area contributed by atoms with Crippen LogP contribution in [-0.2, 0) is 9.47 Å². The van der Waals surface area contributed by atoms with E-state index in [4.69, 9.17) is 9.47 Å². The molecule has 0 spiro atoms. The van der Waals surface area contributed by atoms with Crippen LogP contribution in [0.2, 0.25) is 0 Å². The fourth-order valence-electron chi connectivity index (χ4n) is 2.69. The lowest BCUT2D eigenvalue weighted by Crippen LogP contribution is -2.52. The van der Waals surface area contributed by atoms with Gasteiger partial charge in [-0.2, -0.15) is 5.26 Å². The van der Waals surface area contributed by atoms with Crippen LogP contribution in [0, 0.1) is 17.2 Å². The summed E-state index contributed by atoms with van der Waals surface area (Å²) in [5.74, 6) is 0.503. The monoisotopic (exact) mass is 250 g/mol. The van der Waals surface area contributed by atoms with Crippen molar-refractivity contribution >= 4 is 0 Å². The summed E-state index contributed by atoms with van der Waals surface area (Å²) in [5, 5.41) is 13.1. The average Bonchev–Trinajstić information content (AvgIpc) is 3.28. The van der Waals surface area contributed by atoms with Crippen LogP contribution in [0.3, 0.4) is 0 Å². The van der Waals surface area contributed by atoms with E-state index in [1.54, 1.807) is 0 Å². The van der Waals surface area contributed by atoms with E-state index in [9.17, 15) is 5.26 Å². The molecule has 2 saturated carbocycles. The molecule has 3 rings (SSSR count). The van der Waals surface area contributed by atoms with Gasteiger partial charge in [0.2, 0.25) is 0 Å². The third kappa shape index (κ3) is 2.85. The van der Waals surface area contributed by atoms with E-state index in [-0.39, 0.29) is 6.10 Å². The van der Waals surface area contributed by atoms with Crippen molar-refractivity contribution < 1.29 is 9.47 Å². The Hall–Kier alpha value is -0.630. The van der Waals surface area contributed by atoms with E-state index in [1.807, 2.05) is 0 Å². The Morgan fingerprint density at radius 1 is 1.17 bits per heavy atom. The maximum absolute atomic E-state index is 9.58. The summed E-state index contributed by atoms with van der Waals surface area (Å²) >= 11 is 0. The highest BCUT2D eigenvalue weighted by molar-refractivity contribution is 5.17. The number of hydrogen-bond acceptors (Lipinski definition) is 4. The summed E-state index contributed by atoms with van der Waals surface area (Å²) < 4.78 is 11.3. The van der Waals surface area contributed by atoms with E-state index < -0.39 is 5.54 Å². The Balaban J connectivity index is 1.56. The molecule has 1 unspecified atom stereocenters. The molecule has 1 atom stereocenters. The molecular weight excluding hydrogens is 228 g/mol. The van der Waals surface area contributed by atoms with Gasteiger partial charge in [0.1, 0.15) is 5.54 Å². The van der Waals surface area contributed by atoms with Crippen molar-refractivity contribution in [1.29, 1.82) is 5.26 Å². The SMILES string of the molecule is N#CC(COC1CCOCC1)(NC1CC1)C1CC1. The van der Waals surface area contributed by atoms with Gasteiger partial charge in [0, 0.05) is 19.3 Å². The maximum atomic E-state index is 9.58. The van der Waals surface area contributed by atoms with Crippen LogP contribution in [0.1, 0.15) is 38.5 Å². The normalized spacial score (nSPS) is 28.6. The third-order valence-electron chi connectivity index (χ3n) is 4.23. The first kappa shape index (κ1) is 12.4. The standard InChI is InChI=1S/C14H22N2O2/c15-9-14(11-1-2-11,16-12-3-4-12)10-18-13-5-7-17-8-6-13/h11-13,16H,1-8,10H2. The maximum Gasteiger partial charge on any atom is 0.133 e. The zero-order valence-electron chi connectivity index (χ0n) is 10.9. The van der Waals surface area contributed by atoms with Crippen LogP contribution in [-0.4, -0.2) is 37.5 Å². The second-order valence-corrected chi connectivity index (χ2v) is 5.90. The minimum atomic E-state index is -0.417. The molecule has 4 heteroatoms. The Morgan fingerprint density at radius 3 is 2.44 bits per heavy atom. The highest BCUT2D eigenvalue weighted by Gasteiger charge is 2.48. The molecule has 0 aromatic heterocycles. The lowest BCUT2D eigenvalue weighted by atomic mass is 9.95. The number of nitrogens with zero attached hydrogens (tertiary/aromatic N) is 1. The lowest BCUT2D eigenvalue weighted by molar-refractivity contribution is -0.0477. The highest BCUT2D eigenvalue weighted by Crippen LogP contribution is 2.41. The fourth-order valence-corrected chi connectivity index (χ4v) is 2.69. The van der Waals surface area contributed by atoms with E-state index in [2.05, 4.69) is 11.4 Å². The summed E-state index contributed by atoms with van der Waals surface area (Å²) in [7, 11) is 0. The molecule has 3 aliphatic rings. The molecule has 0 amide bonds. The van der Waals surface area contributed by atoms with Crippen molar-refractivity contribution in [2.45, 2.75) is 56.2 Å². The third-order valence-corrected chi connectivity index (χ3v) is 4.23. The molecule has 1 saturated heterocycles. The lowest BCUT2D eigenvalue weighted by Gasteiger charge is -2.31. The van der Waals surface area contributed by atoms with E-state index >= 15 is 0 Å². The summed E-state index contributed by atoms with van der Waals surface area (Å²) in [5.41, 5.74) is -0.417. The molecule has 1 aliphatic heterocycles. The molecule has 0 aromatic carbocycles. The van der Waals surface area contributed by atoms with Crippen LogP contribution >= 0.6 is 0 Å². The van der Waals surface area contributed by atoms with Gasteiger partial charge in [-0.25, -0.2) is 0 Å². The van der Waals surface area contributed by atoms with Gasteiger partial charge in [-0.1, -0.05) is 0 Å². The van der Waals surface area contributed by atoms with Crippen molar-refractivity contribution in [3.63, 3.8) is 0 Å². The molecule has 18 heavy (non-hydrogen) atoms. The van der Waals surface area contributed by atoms with Gasteiger partial charge in [-0.05, 0) is 44.4 Å². The van der Waals surface area contributed by atoms with E-state index in [1.165, 1.54) is 25.7 Å². The molecule has 3 fully saturated rings. The van der Waals surface area contributed by atoms with Crippen LogP contribution in [0.4, 0.5) is 0 Å². The van der Waals surface area contributed by atoms with Gasteiger partial charge in [0.05, 0.1) is 18.8 Å². The molecule has 0 bridgehead atoms. The van der Waals surface area contributed by atoms with Crippen molar-refractivity contribution in [2.24, 2.45) is 5.92 Å². The first-order chi connectivity index (χ1) is 8.82. The van der Waals surface area contributed by atoms with Gasteiger partial charge >= 0.3 is 0 Å². The Labute approximate surface area is 109 Å². The van der Waals surface area contributed by atoms with Gasteiger partial charge in [-0.3, -0.25) is 5.32 Å². The molecule has 0 radical (unpaired) electrons. The van der Waals surface area contributed by atoms with Crippen LogP contribution in [0.15, 0.2) is 0 Å². The Bertz CT molecular complexity index is 327. The molecule has 4 nitrogen and oxygen atoms in total. The Morgan fingerprint density at radius 2 is 1.89 bits per heavy atom. The smallest absolute Gasteiger partial charge is 0.133 e. The number of ether oxygens (including phenoxy) is 2. The van der Waals surface area contributed by atoms with Gasteiger partial charge in [0.25, 0.3) is 0 Å². The summed E-state index contributed by atoms with van der Waals surface area (Å²) in [6, 6.07) is 3.08. The molecule has 1 heterocycles. The predicted molar refractivity (Wildman–Crippen MR) is 67.0 cm³/mol. The molecule has 2 aliphatic carbocycles. The largest absolute Gasteiger partial charge is 0.381 e. The molecule has 1 N–H and O–H groups in total. The van der Waals surface area contributed by atoms with Crippen LogP contribution in [0.5, 0.6) is 0 Å². The number of nitrogens with one attached hydrogen (secondary N) is 1. The molecular formula is C14H22N2O2. The highest BCUT2D eigenvalue weighted by atomic mass is 16.5. The topological polar surface area (TPSA) is 54.3 Å². The number of nitriles is 1. The van der Waals surface area contributed by atoms with Crippen LogP contribution < -0.4 is 5.32 Å². The summed E-state index contributed by atoms with van der Waals surface area (Å²) in [4.78, 5) is 0. The first-order valence-corrected chi connectivity index (χ1v) is 7.21. The minimum absolute atomic E-state index is 0.284. The van der Waals surface area contributed by atoms with Gasteiger partial charge < -0.3 is 9.47 Å². The second-order valence-electron chi connectivity index (χ2n) is 5.90. The number of rotatable bonds is 6. The molecule has 0 aromatic rings. The summed E-state index contributed by atoms with van der Waals surface area (Å²) in [6.45, 7) is 2.14. The zero-order chi connectivity index (χ0) is 12.4. The summed E-state index contributed by atoms with van der Waals surface area (Å²) in [6.07, 6.45) is 6.99. The van der Waals surface area contributed by atoms with Crippen molar-refractivity contribution in [3.8, 4) is 6.07 Å². The Kier molecular flexibility index (Phi) is 3.56. The average molecular weight is 250 g/mol. The van der Waals surface area contributed by atoms with E-state index in [0.717, 1.165) is 26.1 Å². The van der Waals surface area contributed by atoms with Crippen molar-refractivity contribution in [1.82, 2.24) is 5.32 Å². The minimum Gasteiger partial charge on any atom is -0.381 e. The van der Waals surface area contributed by atoms with Crippen molar-refractivity contribution in [3.05, 3.63) is 0 Å². The molecule has 100 valence electrons. The number of hydrogen-bond donors (Lipinski definition) is 1.